The molecule has 0 radical (unpaired) electrons. The molecule has 128 valence electrons. The number of hydrogen-bond acceptors (Lipinski definition) is 5. The highest BCUT2D eigenvalue weighted by Gasteiger charge is 2.30. The number of piperazine rings is 1. The molecule has 1 fully saturated rings. The SMILES string of the molecule is Nc1ncc(Br)cc1S(=O)(=O)N1CCN(c2cccc(Cl)c2)CC1. The van der Waals surface area contributed by atoms with E-state index in [2.05, 4.69) is 25.8 Å². The number of nitrogens with zero attached hydrogens (tertiary/aromatic N) is 3. The molecule has 0 spiro atoms. The largest absolute Gasteiger partial charge is 0.383 e. The van der Waals surface area contributed by atoms with Gasteiger partial charge in [-0.2, -0.15) is 4.31 Å². The van der Waals surface area contributed by atoms with Crippen molar-refractivity contribution in [3.8, 4) is 0 Å². The average molecular weight is 432 g/mol. The van der Waals surface area contributed by atoms with E-state index in [1.165, 1.54) is 16.6 Å². The van der Waals surface area contributed by atoms with Crippen molar-refractivity contribution in [1.82, 2.24) is 9.29 Å². The minimum atomic E-state index is -3.67. The van der Waals surface area contributed by atoms with Crippen molar-refractivity contribution in [3.05, 3.63) is 46.0 Å². The highest BCUT2D eigenvalue weighted by Crippen LogP contribution is 2.26. The van der Waals surface area contributed by atoms with Crippen molar-refractivity contribution in [1.29, 1.82) is 0 Å². The van der Waals surface area contributed by atoms with E-state index in [1.807, 2.05) is 24.3 Å². The third-order valence-electron chi connectivity index (χ3n) is 3.88. The van der Waals surface area contributed by atoms with E-state index in [0.29, 0.717) is 35.7 Å². The highest BCUT2D eigenvalue weighted by atomic mass is 79.9. The summed E-state index contributed by atoms with van der Waals surface area (Å²) in [5, 5.41) is 0.663. The molecule has 0 saturated carbocycles. The van der Waals surface area contributed by atoms with Crippen LogP contribution in [0, 0.1) is 0 Å². The molecular weight excluding hydrogens is 416 g/mol. The molecule has 1 aromatic heterocycles. The van der Waals surface area contributed by atoms with E-state index in [0.717, 1.165) is 5.69 Å². The molecule has 0 amide bonds. The van der Waals surface area contributed by atoms with Gasteiger partial charge in [0.05, 0.1) is 0 Å². The minimum absolute atomic E-state index is 0.00970. The van der Waals surface area contributed by atoms with Gasteiger partial charge in [0.1, 0.15) is 10.7 Å². The molecule has 0 atom stereocenters. The maximum Gasteiger partial charge on any atom is 0.246 e. The fourth-order valence-electron chi connectivity index (χ4n) is 2.64. The lowest BCUT2D eigenvalue weighted by atomic mass is 10.2. The van der Waals surface area contributed by atoms with Gasteiger partial charge in [-0.25, -0.2) is 13.4 Å². The summed E-state index contributed by atoms with van der Waals surface area (Å²) in [7, 11) is -3.67. The summed E-state index contributed by atoms with van der Waals surface area (Å²) in [6.45, 7) is 1.92. The average Bonchev–Trinajstić information content (AvgIpc) is 2.57. The van der Waals surface area contributed by atoms with Gasteiger partial charge in [0.2, 0.25) is 10.0 Å². The van der Waals surface area contributed by atoms with Gasteiger partial charge in [0, 0.05) is 47.6 Å². The number of benzene rings is 1. The smallest absolute Gasteiger partial charge is 0.246 e. The summed E-state index contributed by atoms with van der Waals surface area (Å²) >= 11 is 9.26. The van der Waals surface area contributed by atoms with Crippen molar-refractivity contribution in [2.24, 2.45) is 0 Å². The summed E-state index contributed by atoms with van der Waals surface area (Å²) < 4.78 is 27.6. The third-order valence-corrected chi connectivity index (χ3v) is 6.47. The molecule has 0 unspecified atom stereocenters. The Hall–Kier alpha value is -1.35. The van der Waals surface area contributed by atoms with Gasteiger partial charge in [-0.15, -0.1) is 0 Å². The Kier molecular flexibility index (Phi) is 5.00. The number of aromatic nitrogens is 1. The molecule has 0 aliphatic carbocycles. The lowest BCUT2D eigenvalue weighted by Gasteiger charge is -2.35. The van der Waals surface area contributed by atoms with Gasteiger partial charge >= 0.3 is 0 Å². The minimum Gasteiger partial charge on any atom is -0.383 e. The van der Waals surface area contributed by atoms with Crippen molar-refractivity contribution >= 4 is 49.1 Å². The van der Waals surface area contributed by atoms with Crippen LogP contribution in [-0.4, -0.2) is 43.9 Å². The number of anilines is 2. The molecule has 0 bridgehead atoms. The normalized spacial score (nSPS) is 16.3. The molecule has 2 aromatic rings. The second kappa shape index (κ2) is 6.87. The predicted molar refractivity (Wildman–Crippen MR) is 98.8 cm³/mol. The van der Waals surface area contributed by atoms with Crippen molar-refractivity contribution in [2.75, 3.05) is 36.8 Å². The number of halogens is 2. The van der Waals surface area contributed by atoms with Crippen LogP contribution in [0.15, 0.2) is 45.9 Å². The zero-order valence-electron chi connectivity index (χ0n) is 12.7. The van der Waals surface area contributed by atoms with Gasteiger partial charge in [0.15, 0.2) is 0 Å². The Bertz CT molecular complexity index is 854. The first kappa shape index (κ1) is 17.5. The van der Waals surface area contributed by atoms with Gasteiger partial charge in [-0.3, -0.25) is 0 Å². The molecule has 2 N–H and O–H groups in total. The monoisotopic (exact) mass is 430 g/mol. The fraction of sp³-hybridized carbons (Fsp3) is 0.267. The zero-order chi connectivity index (χ0) is 17.3. The van der Waals surface area contributed by atoms with E-state index in [1.54, 1.807) is 0 Å². The van der Waals surface area contributed by atoms with Gasteiger partial charge in [0.25, 0.3) is 0 Å². The maximum absolute atomic E-state index is 12.8. The van der Waals surface area contributed by atoms with Crippen LogP contribution >= 0.6 is 27.5 Å². The van der Waals surface area contributed by atoms with Crippen molar-refractivity contribution in [3.63, 3.8) is 0 Å². The Morgan fingerprint density at radius 3 is 2.54 bits per heavy atom. The van der Waals surface area contributed by atoms with Gasteiger partial charge in [-0.1, -0.05) is 17.7 Å². The molecule has 6 nitrogen and oxygen atoms in total. The number of hydrogen-bond donors (Lipinski definition) is 1. The molecule has 9 heteroatoms. The number of nitrogens with two attached hydrogens (primary N) is 1. The Balaban J connectivity index is 1.77. The fourth-order valence-corrected chi connectivity index (χ4v) is 4.82. The quantitative estimate of drug-likeness (QED) is 0.808. The van der Waals surface area contributed by atoms with E-state index in [9.17, 15) is 8.42 Å². The first-order valence-corrected chi connectivity index (χ1v) is 9.91. The van der Waals surface area contributed by atoms with E-state index < -0.39 is 10.0 Å². The number of sulfonamides is 1. The van der Waals surface area contributed by atoms with E-state index >= 15 is 0 Å². The van der Waals surface area contributed by atoms with Crippen LogP contribution in [0.25, 0.3) is 0 Å². The summed E-state index contributed by atoms with van der Waals surface area (Å²) in [6.07, 6.45) is 1.48. The van der Waals surface area contributed by atoms with Crippen molar-refractivity contribution in [2.45, 2.75) is 4.90 Å². The van der Waals surface area contributed by atoms with Gasteiger partial charge < -0.3 is 10.6 Å². The molecule has 1 saturated heterocycles. The first-order valence-electron chi connectivity index (χ1n) is 7.29. The standard InChI is InChI=1S/C15H16BrClN4O2S/c16-11-8-14(15(18)19-10-11)24(22,23)21-6-4-20(5-7-21)13-3-1-2-12(17)9-13/h1-3,8-10H,4-7H2,(H2,18,19). The first-order chi connectivity index (χ1) is 11.4. The Morgan fingerprint density at radius 2 is 1.88 bits per heavy atom. The lowest BCUT2D eigenvalue weighted by molar-refractivity contribution is 0.385. The Morgan fingerprint density at radius 1 is 1.17 bits per heavy atom. The van der Waals surface area contributed by atoms with Crippen molar-refractivity contribution < 1.29 is 8.42 Å². The van der Waals surface area contributed by atoms with Crippen LogP contribution in [0.3, 0.4) is 0 Å². The molecule has 2 heterocycles. The third kappa shape index (κ3) is 3.51. The molecule has 1 aliphatic heterocycles. The second-order valence-electron chi connectivity index (χ2n) is 5.41. The summed E-state index contributed by atoms with van der Waals surface area (Å²) in [6, 6.07) is 9.03. The highest BCUT2D eigenvalue weighted by molar-refractivity contribution is 9.10. The zero-order valence-corrected chi connectivity index (χ0v) is 15.9. The summed E-state index contributed by atoms with van der Waals surface area (Å²) in [4.78, 5) is 6.06. The van der Waals surface area contributed by atoms with E-state index in [-0.39, 0.29) is 10.7 Å². The van der Waals surface area contributed by atoms with Crippen LogP contribution < -0.4 is 10.6 Å². The second-order valence-corrected chi connectivity index (χ2v) is 8.67. The molecule has 3 rings (SSSR count). The Labute approximate surface area is 154 Å². The summed E-state index contributed by atoms with van der Waals surface area (Å²) in [5.41, 5.74) is 6.74. The molecule has 1 aliphatic rings. The van der Waals surface area contributed by atoms with E-state index in [4.69, 9.17) is 17.3 Å². The number of pyridine rings is 1. The van der Waals surface area contributed by atoms with Crippen LogP contribution in [0.4, 0.5) is 11.5 Å². The molecular formula is C15H16BrClN4O2S. The van der Waals surface area contributed by atoms with Crippen LogP contribution in [0.2, 0.25) is 5.02 Å². The molecule has 24 heavy (non-hydrogen) atoms. The number of rotatable bonds is 3. The van der Waals surface area contributed by atoms with Crippen LogP contribution in [-0.2, 0) is 10.0 Å². The van der Waals surface area contributed by atoms with Crippen LogP contribution in [0.5, 0.6) is 0 Å². The maximum atomic E-state index is 12.8. The lowest BCUT2D eigenvalue weighted by Crippen LogP contribution is -2.48. The topological polar surface area (TPSA) is 79.5 Å². The predicted octanol–water partition coefficient (Wildman–Crippen LogP) is 2.59. The number of nitrogen functional groups attached to an aromatic ring is 1. The summed E-state index contributed by atoms with van der Waals surface area (Å²) in [5.74, 6) is 0.00970. The van der Waals surface area contributed by atoms with Gasteiger partial charge in [-0.05, 0) is 40.2 Å². The van der Waals surface area contributed by atoms with Crippen LogP contribution in [0.1, 0.15) is 0 Å². The molecule has 1 aromatic carbocycles.